The number of aromatic amines is 1. The molecule has 1 aliphatic heterocycles. The van der Waals surface area contributed by atoms with Crippen molar-refractivity contribution in [2.75, 3.05) is 31.6 Å². The highest BCUT2D eigenvalue weighted by Crippen LogP contribution is 2.42. The van der Waals surface area contributed by atoms with Gasteiger partial charge in [0.25, 0.3) is 5.82 Å². The second-order valence-corrected chi connectivity index (χ2v) is 11.2. The van der Waals surface area contributed by atoms with Crippen molar-refractivity contribution in [3.8, 4) is 0 Å². The van der Waals surface area contributed by atoms with Crippen molar-refractivity contribution < 1.29 is 9.53 Å². The van der Waals surface area contributed by atoms with Crippen LogP contribution >= 0.6 is 0 Å². The van der Waals surface area contributed by atoms with E-state index in [-0.39, 0.29) is 17.5 Å². The van der Waals surface area contributed by atoms with E-state index < -0.39 is 0 Å². The van der Waals surface area contributed by atoms with E-state index in [0.717, 1.165) is 56.8 Å². The van der Waals surface area contributed by atoms with Gasteiger partial charge in [0.05, 0.1) is 19.4 Å². The van der Waals surface area contributed by atoms with Crippen LogP contribution in [0.2, 0.25) is 0 Å². The molecule has 2 N–H and O–H groups in total. The molecule has 2 fully saturated rings. The first kappa shape index (κ1) is 24.7. The van der Waals surface area contributed by atoms with E-state index in [4.69, 9.17) is 11.3 Å². The minimum Gasteiger partial charge on any atom is -0.379 e. The average molecular weight is 488 g/mol. The first-order valence-electron chi connectivity index (χ1n) is 13.3. The lowest BCUT2D eigenvalue weighted by Crippen LogP contribution is -2.44. The van der Waals surface area contributed by atoms with Gasteiger partial charge in [-0.2, -0.15) is 0 Å². The van der Waals surface area contributed by atoms with Crippen LogP contribution in [-0.2, 0) is 4.74 Å². The van der Waals surface area contributed by atoms with Gasteiger partial charge in [-0.1, -0.05) is 32.6 Å². The molecule has 2 aliphatic carbocycles. The zero-order chi connectivity index (χ0) is 25.1. The van der Waals surface area contributed by atoms with Crippen molar-refractivity contribution in [2.45, 2.75) is 70.8 Å². The summed E-state index contributed by atoms with van der Waals surface area (Å²) in [4.78, 5) is 25.7. The van der Waals surface area contributed by atoms with Gasteiger partial charge in [0.1, 0.15) is 0 Å². The molecule has 1 saturated heterocycles. The summed E-state index contributed by atoms with van der Waals surface area (Å²) < 4.78 is 5.54. The van der Waals surface area contributed by atoms with E-state index in [2.05, 4.69) is 63.2 Å². The number of anilines is 1. The van der Waals surface area contributed by atoms with E-state index in [0.29, 0.717) is 17.4 Å². The van der Waals surface area contributed by atoms with Gasteiger partial charge in [-0.3, -0.25) is 14.7 Å². The van der Waals surface area contributed by atoms with Crippen LogP contribution in [0.4, 0.5) is 11.5 Å². The number of imidazole rings is 1. The second-order valence-electron chi connectivity index (χ2n) is 11.2. The predicted octanol–water partition coefficient (Wildman–Crippen LogP) is 6.16. The molecule has 1 saturated carbocycles. The van der Waals surface area contributed by atoms with Crippen LogP contribution in [-0.4, -0.2) is 53.1 Å². The monoisotopic (exact) mass is 487 g/mol. The Morgan fingerprint density at radius 1 is 1.22 bits per heavy atom. The van der Waals surface area contributed by atoms with E-state index in [1.165, 1.54) is 43.0 Å². The molecule has 0 bridgehead atoms. The van der Waals surface area contributed by atoms with Crippen molar-refractivity contribution >= 4 is 23.0 Å². The molecule has 5 rings (SSSR count). The lowest BCUT2D eigenvalue weighted by molar-refractivity contribution is 0.00729. The number of carbonyl (C=O) groups is 1. The maximum absolute atomic E-state index is 12.9. The summed E-state index contributed by atoms with van der Waals surface area (Å²) in [5.74, 6) is 0.663. The number of H-pyrrole nitrogens is 1. The van der Waals surface area contributed by atoms with Crippen molar-refractivity contribution in [3.63, 3.8) is 0 Å². The highest BCUT2D eigenvalue weighted by molar-refractivity contribution is 6.03. The Morgan fingerprint density at radius 2 is 2.00 bits per heavy atom. The molecule has 3 aliphatic rings. The number of amides is 1. The molecule has 0 atom stereocenters. The van der Waals surface area contributed by atoms with E-state index in [9.17, 15) is 4.79 Å². The number of hydrogen-bond donors (Lipinski definition) is 2. The van der Waals surface area contributed by atoms with Crippen LogP contribution < -0.4 is 5.32 Å². The minimum absolute atomic E-state index is 0.163. The third kappa shape index (κ3) is 5.55. The number of ether oxygens (including phenoxy) is 1. The first-order chi connectivity index (χ1) is 17.4. The largest absolute Gasteiger partial charge is 0.379 e. The van der Waals surface area contributed by atoms with Gasteiger partial charge in [-0.05, 0) is 79.5 Å². The molecule has 7 nitrogen and oxygen atoms in total. The summed E-state index contributed by atoms with van der Waals surface area (Å²) in [7, 11) is 0. The summed E-state index contributed by atoms with van der Waals surface area (Å²) in [6.45, 7) is 15.6. The first-order valence-corrected chi connectivity index (χ1v) is 13.3. The highest BCUT2D eigenvalue weighted by Gasteiger charge is 2.29. The molecule has 36 heavy (non-hydrogen) atoms. The molecule has 1 amide bonds. The minimum atomic E-state index is -0.318. The molecule has 2 aromatic rings. The highest BCUT2D eigenvalue weighted by atomic mass is 16.5. The molecule has 0 unspecified atom stereocenters. The molecular formula is C29H37N5O2. The Labute approximate surface area is 214 Å². The molecule has 2 heterocycles. The number of carbonyl (C=O) groups excluding carboxylic acids is 1. The molecule has 0 spiro atoms. The van der Waals surface area contributed by atoms with Crippen LogP contribution in [0.1, 0.15) is 86.5 Å². The van der Waals surface area contributed by atoms with Gasteiger partial charge in [0.15, 0.2) is 0 Å². The fourth-order valence-electron chi connectivity index (χ4n) is 5.89. The zero-order valence-electron chi connectivity index (χ0n) is 21.5. The third-order valence-corrected chi connectivity index (χ3v) is 8.24. The van der Waals surface area contributed by atoms with Gasteiger partial charge in [-0.25, -0.2) is 4.98 Å². The van der Waals surface area contributed by atoms with Crippen LogP contribution in [0.25, 0.3) is 10.4 Å². The fraction of sp³-hybridized carbons (Fsp3) is 0.552. The second kappa shape index (κ2) is 10.6. The Bertz CT molecular complexity index is 1160. The molecule has 190 valence electrons. The zero-order valence-corrected chi connectivity index (χ0v) is 21.5. The average Bonchev–Trinajstić information content (AvgIpc) is 3.39. The quantitative estimate of drug-likeness (QED) is 0.495. The number of nitrogens with one attached hydrogen (secondary N) is 2. The number of nitrogens with zero attached hydrogens (tertiary/aromatic N) is 3. The van der Waals surface area contributed by atoms with Crippen molar-refractivity contribution in [3.05, 3.63) is 58.8 Å². The molecule has 1 aromatic carbocycles. The number of benzene rings is 1. The van der Waals surface area contributed by atoms with Crippen molar-refractivity contribution in [1.29, 1.82) is 0 Å². The normalized spacial score (nSPS) is 24.5. The van der Waals surface area contributed by atoms with Crippen LogP contribution in [0, 0.1) is 12.0 Å². The summed E-state index contributed by atoms with van der Waals surface area (Å²) >= 11 is 0. The number of allylic oxidation sites excluding steroid dienone is 2. The van der Waals surface area contributed by atoms with Crippen LogP contribution in [0.5, 0.6) is 0 Å². The lowest BCUT2D eigenvalue weighted by atomic mass is 9.76. The Balaban J connectivity index is 1.36. The van der Waals surface area contributed by atoms with Gasteiger partial charge in [0, 0.05) is 30.4 Å². The molecule has 0 radical (unpaired) electrons. The number of hydrogen-bond acceptors (Lipinski definition) is 4. The molecular weight excluding hydrogens is 450 g/mol. The third-order valence-electron chi connectivity index (χ3n) is 8.24. The maximum Gasteiger partial charge on any atom is 0.314 e. The van der Waals surface area contributed by atoms with Crippen LogP contribution in [0.3, 0.4) is 0 Å². The molecule has 7 heteroatoms. The van der Waals surface area contributed by atoms with Gasteiger partial charge >= 0.3 is 5.91 Å². The van der Waals surface area contributed by atoms with E-state index in [1.54, 1.807) is 0 Å². The SMILES string of the molecule is [C-]#[N+]c1cnc(C(=O)Nc2ccc(C3CCC(N4CCOCC4)CC3)cc2C2=CCC(C)(C)CC2)[nH]1. The smallest absolute Gasteiger partial charge is 0.314 e. The van der Waals surface area contributed by atoms with E-state index in [1.807, 2.05) is 0 Å². The maximum atomic E-state index is 12.9. The lowest BCUT2D eigenvalue weighted by Gasteiger charge is -2.39. The van der Waals surface area contributed by atoms with Gasteiger partial charge in [0.2, 0.25) is 5.82 Å². The predicted molar refractivity (Wildman–Crippen MR) is 142 cm³/mol. The number of aromatic nitrogens is 2. The van der Waals surface area contributed by atoms with Gasteiger partial charge in [-0.15, -0.1) is 0 Å². The van der Waals surface area contributed by atoms with Crippen molar-refractivity contribution in [1.82, 2.24) is 14.9 Å². The Morgan fingerprint density at radius 3 is 2.67 bits per heavy atom. The topological polar surface area (TPSA) is 74.6 Å². The summed E-state index contributed by atoms with van der Waals surface area (Å²) in [6.07, 6.45) is 11.8. The van der Waals surface area contributed by atoms with Crippen molar-refractivity contribution in [2.24, 2.45) is 5.41 Å². The fourth-order valence-corrected chi connectivity index (χ4v) is 5.89. The van der Waals surface area contributed by atoms with Crippen LogP contribution in [0.15, 0.2) is 30.5 Å². The summed E-state index contributed by atoms with van der Waals surface area (Å²) in [5.41, 5.74) is 4.95. The molecule has 1 aromatic heterocycles. The summed E-state index contributed by atoms with van der Waals surface area (Å²) in [6, 6.07) is 7.26. The Kier molecular flexibility index (Phi) is 7.27. The number of rotatable bonds is 5. The van der Waals surface area contributed by atoms with Gasteiger partial charge < -0.3 is 14.9 Å². The standard InChI is InChI=1S/C29H37N5O2/c1-29(2)12-10-21(11-13-29)24-18-22(20-4-7-23(8-5-20)34-14-16-36-17-15-34)6-9-25(24)32-28(35)27-31-19-26(30-3)33-27/h6,9-10,18-20,23H,4-5,7-8,11-17H2,1-2H3,(H,31,33)(H,32,35). The number of morpholine rings is 1. The Hall–Kier alpha value is -2.95. The summed E-state index contributed by atoms with van der Waals surface area (Å²) in [5, 5.41) is 3.07. The van der Waals surface area contributed by atoms with E-state index >= 15 is 0 Å².